The number of carbonyl (C=O) groups is 2. The van der Waals surface area contributed by atoms with Crippen molar-refractivity contribution in [3.63, 3.8) is 0 Å². The second-order valence-electron chi connectivity index (χ2n) is 8.09. The first-order valence-electron chi connectivity index (χ1n) is 9.64. The number of carboxylic acid groups (broad SMARTS) is 1. The molecule has 1 unspecified atom stereocenters. The number of rotatable bonds is 4. The van der Waals surface area contributed by atoms with Gasteiger partial charge in [-0.15, -0.1) is 0 Å². The highest BCUT2D eigenvalue weighted by molar-refractivity contribution is 5.81. The van der Waals surface area contributed by atoms with E-state index in [1.165, 1.54) is 16.2 Å². The zero-order chi connectivity index (χ0) is 19.8. The van der Waals surface area contributed by atoms with Crippen LogP contribution in [0, 0.1) is 13.8 Å². The number of likely N-dealkylation sites (tertiary alicyclic amines) is 1. The van der Waals surface area contributed by atoms with E-state index >= 15 is 0 Å². The highest BCUT2D eigenvalue weighted by Gasteiger charge is 2.42. The number of nitrogens with zero attached hydrogens (tertiary/aromatic N) is 5. The van der Waals surface area contributed by atoms with Gasteiger partial charge in [0.2, 0.25) is 5.91 Å². The molecule has 8 heteroatoms. The fraction of sp³-hybridized carbons (Fsp3) is 0.737. The molecule has 1 aromatic heterocycles. The van der Waals surface area contributed by atoms with Crippen molar-refractivity contribution in [2.75, 3.05) is 39.8 Å². The van der Waals surface area contributed by atoms with Gasteiger partial charge in [-0.3, -0.25) is 24.1 Å². The van der Waals surface area contributed by atoms with Crippen molar-refractivity contribution in [3.8, 4) is 0 Å². The average Bonchev–Trinajstić information content (AvgIpc) is 2.75. The molecule has 2 aliphatic rings. The molecular formula is C19H31N5O3. The molecule has 1 spiro atoms. The van der Waals surface area contributed by atoms with E-state index in [4.69, 9.17) is 5.11 Å². The Labute approximate surface area is 160 Å². The van der Waals surface area contributed by atoms with E-state index in [2.05, 4.69) is 35.8 Å². The molecule has 150 valence electrons. The normalized spacial score (nSPS) is 25.2. The molecule has 2 saturated heterocycles. The number of aliphatic carboxylic acids is 1. The Kier molecular flexibility index (Phi) is 5.58. The summed E-state index contributed by atoms with van der Waals surface area (Å²) in [5.41, 5.74) is 3.48. The van der Waals surface area contributed by atoms with Gasteiger partial charge >= 0.3 is 5.97 Å². The summed E-state index contributed by atoms with van der Waals surface area (Å²) in [5, 5.41) is 13.6. The van der Waals surface area contributed by atoms with E-state index in [-0.39, 0.29) is 18.0 Å². The van der Waals surface area contributed by atoms with Crippen molar-refractivity contribution in [2.24, 2.45) is 7.05 Å². The first kappa shape index (κ1) is 19.8. The Balaban J connectivity index is 1.74. The van der Waals surface area contributed by atoms with E-state index < -0.39 is 5.97 Å². The van der Waals surface area contributed by atoms with Gasteiger partial charge in [-0.2, -0.15) is 5.10 Å². The molecule has 2 aliphatic heterocycles. The Morgan fingerprint density at radius 1 is 1.19 bits per heavy atom. The van der Waals surface area contributed by atoms with Crippen molar-refractivity contribution < 1.29 is 14.7 Å². The molecule has 0 radical (unpaired) electrons. The number of likely N-dealkylation sites (N-methyl/N-ethyl adjacent to an activating group) is 1. The lowest BCUT2D eigenvalue weighted by molar-refractivity contribution is -0.144. The topological polar surface area (TPSA) is 81.9 Å². The van der Waals surface area contributed by atoms with Crippen LogP contribution in [-0.2, 0) is 23.2 Å². The fourth-order valence-corrected chi connectivity index (χ4v) is 4.51. The lowest BCUT2D eigenvalue weighted by Gasteiger charge is -2.49. The van der Waals surface area contributed by atoms with E-state index in [9.17, 15) is 9.59 Å². The summed E-state index contributed by atoms with van der Waals surface area (Å²) in [6.45, 7) is 8.17. The van der Waals surface area contributed by atoms with Gasteiger partial charge in [-0.25, -0.2) is 0 Å². The minimum absolute atomic E-state index is 0.0428. The van der Waals surface area contributed by atoms with Crippen molar-refractivity contribution in [1.29, 1.82) is 0 Å². The van der Waals surface area contributed by atoms with Gasteiger partial charge in [0, 0.05) is 63.0 Å². The molecule has 8 nitrogen and oxygen atoms in total. The number of hydrogen-bond donors (Lipinski definition) is 1. The highest BCUT2D eigenvalue weighted by atomic mass is 16.4. The average molecular weight is 377 g/mol. The van der Waals surface area contributed by atoms with Gasteiger partial charge in [0.1, 0.15) is 6.54 Å². The first-order chi connectivity index (χ1) is 12.7. The van der Waals surface area contributed by atoms with Crippen LogP contribution in [-0.4, -0.2) is 86.8 Å². The maximum atomic E-state index is 12.4. The van der Waals surface area contributed by atoms with E-state index in [0.29, 0.717) is 13.0 Å². The Morgan fingerprint density at radius 3 is 2.56 bits per heavy atom. The van der Waals surface area contributed by atoms with Crippen molar-refractivity contribution in [2.45, 2.75) is 45.2 Å². The summed E-state index contributed by atoms with van der Waals surface area (Å²) in [6, 6.07) is 0. The van der Waals surface area contributed by atoms with Gasteiger partial charge in [0.25, 0.3) is 0 Å². The quantitative estimate of drug-likeness (QED) is 0.828. The largest absolute Gasteiger partial charge is 0.480 e. The van der Waals surface area contributed by atoms with E-state index in [1.807, 2.05) is 11.7 Å². The molecule has 0 aromatic carbocycles. The zero-order valence-electron chi connectivity index (χ0n) is 16.9. The number of piperazine rings is 1. The molecule has 1 atom stereocenters. The second-order valence-corrected chi connectivity index (χ2v) is 8.09. The fourth-order valence-electron chi connectivity index (χ4n) is 4.51. The van der Waals surface area contributed by atoms with Crippen LogP contribution in [0.15, 0.2) is 0 Å². The Bertz CT molecular complexity index is 731. The van der Waals surface area contributed by atoms with Gasteiger partial charge in [-0.05, 0) is 33.7 Å². The van der Waals surface area contributed by atoms with Crippen LogP contribution in [0.3, 0.4) is 0 Å². The van der Waals surface area contributed by atoms with Crippen LogP contribution in [0.25, 0.3) is 0 Å². The Morgan fingerprint density at radius 2 is 1.93 bits per heavy atom. The number of aryl methyl sites for hydroxylation is 2. The van der Waals surface area contributed by atoms with Gasteiger partial charge < -0.3 is 10.0 Å². The molecule has 0 saturated carbocycles. The third kappa shape index (κ3) is 4.01. The zero-order valence-corrected chi connectivity index (χ0v) is 16.9. The minimum atomic E-state index is -0.944. The highest BCUT2D eigenvalue weighted by Crippen LogP contribution is 2.33. The number of carbonyl (C=O) groups excluding carboxylic acids is 1. The summed E-state index contributed by atoms with van der Waals surface area (Å²) in [5.74, 6) is -0.987. The third-order valence-electron chi connectivity index (χ3n) is 6.45. The monoisotopic (exact) mass is 377 g/mol. The van der Waals surface area contributed by atoms with Crippen molar-refractivity contribution >= 4 is 11.9 Å². The molecule has 1 amide bonds. The van der Waals surface area contributed by atoms with Gasteiger partial charge in [0.15, 0.2) is 0 Å². The molecule has 27 heavy (non-hydrogen) atoms. The van der Waals surface area contributed by atoms with Crippen LogP contribution in [0.4, 0.5) is 0 Å². The number of amides is 1. The predicted molar refractivity (Wildman–Crippen MR) is 101 cm³/mol. The maximum absolute atomic E-state index is 12.4. The molecule has 1 N–H and O–H groups in total. The predicted octanol–water partition coefficient (Wildman–Crippen LogP) is 0.620. The summed E-state index contributed by atoms with van der Waals surface area (Å²) in [6.07, 6.45) is 2.00. The molecule has 0 aliphatic carbocycles. The smallest absolute Gasteiger partial charge is 0.323 e. The van der Waals surface area contributed by atoms with Crippen molar-refractivity contribution in [1.82, 2.24) is 24.5 Å². The molecule has 3 rings (SSSR count). The second kappa shape index (κ2) is 7.59. The summed E-state index contributed by atoms with van der Waals surface area (Å²) in [4.78, 5) is 29.8. The molecule has 2 fully saturated rings. The summed E-state index contributed by atoms with van der Waals surface area (Å²) >= 11 is 0. The lowest BCUT2D eigenvalue weighted by atomic mass is 9.86. The van der Waals surface area contributed by atoms with Crippen molar-refractivity contribution in [3.05, 3.63) is 17.0 Å². The molecule has 3 heterocycles. The van der Waals surface area contributed by atoms with Crippen LogP contribution in [0.5, 0.6) is 0 Å². The lowest BCUT2D eigenvalue weighted by Crippen LogP contribution is -2.60. The summed E-state index contributed by atoms with van der Waals surface area (Å²) < 4.78 is 1.94. The van der Waals surface area contributed by atoms with E-state index in [0.717, 1.165) is 44.7 Å². The Hall–Kier alpha value is -1.93. The number of carboxylic acids is 1. The first-order valence-corrected chi connectivity index (χ1v) is 9.64. The van der Waals surface area contributed by atoms with Crippen LogP contribution in [0.1, 0.15) is 36.2 Å². The van der Waals surface area contributed by atoms with Crippen LogP contribution >= 0.6 is 0 Å². The molecule has 0 bridgehead atoms. The number of hydrogen-bond acceptors (Lipinski definition) is 5. The van der Waals surface area contributed by atoms with Gasteiger partial charge in [-0.1, -0.05) is 0 Å². The SMILES string of the molecule is Cc1nn(C)c(C)c1CN1CCN(C)C2(CCC(=O)N(CC(=O)O)CC2)C1. The standard InChI is InChI=1S/C19H31N5O3/c1-14-16(15(2)22(4)20-14)11-23-10-9-21(3)19(13-23)6-5-17(25)24(8-7-19)12-18(26)27/h5-13H2,1-4H3,(H,26,27). The maximum Gasteiger partial charge on any atom is 0.323 e. The molecular weight excluding hydrogens is 346 g/mol. The van der Waals surface area contributed by atoms with E-state index in [1.54, 1.807) is 0 Å². The minimum Gasteiger partial charge on any atom is -0.480 e. The molecule has 1 aromatic rings. The van der Waals surface area contributed by atoms with Crippen LogP contribution < -0.4 is 0 Å². The number of aromatic nitrogens is 2. The third-order valence-corrected chi connectivity index (χ3v) is 6.45. The summed E-state index contributed by atoms with van der Waals surface area (Å²) in [7, 11) is 4.11. The van der Waals surface area contributed by atoms with Gasteiger partial charge in [0.05, 0.1) is 5.69 Å². The van der Waals surface area contributed by atoms with Crippen LogP contribution in [0.2, 0.25) is 0 Å².